The molecule has 0 aliphatic heterocycles. The fourth-order valence-electron chi connectivity index (χ4n) is 2.27. The van der Waals surface area contributed by atoms with Crippen molar-refractivity contribution in [1.82, 2.24) is 19.5 Å². The minimum absolute atomic E-state index is 0.185. The SMILES string of the molecule is CO[C@@H](C)C(O)C(OC(C)COP(=O)(O)OC)n1cnc2c(N)ncnc21. The van der Waals surface area contributed by atoms with Crippen LogP contribution in [0.25, 0.3) is 11.2 Å². The van der Waals surface area contributed by atoms with E-state index < -0.39 is 32.4 Å². The summed E-state index contributed by atoms with van der Waals surface area (Å²) in [5.74, 6) is 0.185. The fourth-order valence-corrected chi connectivity index (χ4v) is 2.77. The molecule has 0 aromatic carbocycles. The summed E-state index contributed by atoms with van der Waals surface area (Å²) in [6.45, 7) is 3.02. The second-order valence-electron chi connectivity index (χ2n) is 5.80. The molecule has 0 saturated heterocycles. The van der Waals surface area contributed by atoms with E-state index in [1.54, 1.807) is 13.8 Å². The number of methoxy groups -OCH3 is 1. The molecule has 13 heteroatoms. The Hall–Kier alpha value is -1.66. The Balaban J connectivity index is 2.28. The van der Waals surface area contributed by atoms with Crippen LogP contribution in [0.1, 0.15) is 20.1 Å². The number of imidazole rings is 1. The first-order valence-corrected chi connectivity index (χ1v) is 9.52. The molecule has 2 aromatic rings. The maximum Gasteiger partial charge on any atom is 0.471 e. The Morgan fingerprint density at radius 3 is 2.63 bits per heavy atom. The summed E-state index contributed by atoms with van der Waals surface area (Å²) in [5, 5.41) is 10.7. The Bertz CT molecular complexity index is 803. The van der Waals surface area contributed by atoms with Crippen LogP contribution in [0.5, 0.6) is 0 Å². The normalized spacial score (nSPS) is 18.7. The molecule has 0 bridgehead atoms. The van der Waals surface area contributed by atoms with Gasteiger partial charge in [0.05, 0.1) is 25.1 Å². The minimum atomic E-state index is -4.15. The minimum Gasteiger partial charge on any atom is -0.386 e. The standard InChI is InChI=1S/C14H24N5O7P/c1-8(5-25-27(21,22)24-4)26-14(11(20)9(2)23-3)19-7-18-10-12(15)16-6-17-13(10)19/h6-9,11,14,20H,5H2,1-4H3,(H,21,22)(H2,15,16,17)/t8?,9-,11?,14?/m0/s1. The third-order valence-electron chi connectivity index (χ3n) is 3.88. The number of hydrogen-bond donors (Lipinski definition) is 3. The van der Waals surface area contributed by atoms with E-state index in [-0.39, 0.29) is 12.4 Å². The summed E-state index contributed by atoms with van der Waals surface area (Å²) in [7, 11) is -1.64. The zero-order valence-electron chi connectivity index (χ0n) is 15.4. The third kappa shape index (κ3) is 5.20. The van der Waals surface area contributed by atoms with Gasteiger partial charge in [-0.1, -0.05) is 0 Å². The van der Waals surface area contributed by atoms with Crippen molar-refractivity contribution in [2.24, 2.45) is 0 Å². The van der Waals surface area contributed by atoms with E-state index in [2.05, 4.69) is 19.5 Å². The average molecular weight is 405 g/mol. The number of nitrogens with zero attached hydrogens (tertiary/aromatic N) is 4. The predicted octanol–water partition coefficient (Wildman–Crippen LogP) is 0.471. The molecule has 152 valence electrons. The van der Waals surface area contributed by atoms with Crippen molar-refractivity contribution in [3.63, 3.8) is 0 Å². The summed E-state index contributed by atoms with van der Waals surface area (Å²) in [5.41, 5.74) is 6.50. The molecular weight excluding hydrogens is 381 g/mol. The lowest BCUT2D eigenvalue weighted by Crippen LogP contribution is -2.38. The molecule has 2 aromatic heterocycles. The van der Waals surface area contributed by atoms with Gasteiger partial charge in [0.15, 0.2) is 17.7 Å². The molecule has 0 spiro atoms. The zero-order chi connectivity index (χ0) is 20.2. The second-order valence-corrected chi connectivity index (χ2v) is 7.36. The van der Waals surface area contributed by atoms with Gasteiger partial charge in [-0.25, -0.2) is 19.5 Å². The highest BCUT2D eigenvalue weighted by Crippen LogP contribution is 2.42. The molecule has 12 nitrogen and oxygen atoms in total. The van der Waals surface area contributed by atoms with Crippen molar-refractivity contribution in [3.8, 4) is 0 Å². The van der Waals surface area contributed by atoms with E-state index in [9.17, 15) is 14.6 Å². The van der Waals surface area contributed by atoms with Crippen LogP contribution >= 0.6 is 7.82 Å². The zero-order valence-corrected chi connectivity index (χ0v) is 16.3. The number of nitrogens with two attached hydrogens (primary N) is 1. The van der Waals surface area contributed by atoms with Gasteiger partial charge in [-0.2, -0.15) is 0 Å². The lowest BCUT2D eigenvalue weighted by Gasteiger charge is -2.30. The van der Waals surface area contributed by atoms with Crippen molar-refractivity contribution >= 4 is 24.8 Å². The number of aromatic nitrogens is 4. The largest absolute Gasteiger partial charge is 0.471 e. The Labute approximate surface area is 155 Å². The van der Waals surface area contributed by atoms with Gasteiger partial charge in [0.1, 0.15) is 17.9 Å². The number of aliphatic hydroxyl groups excluding tert-OH is 1. The van der Waals surface area contributed by atoms with E-state index in [0.717, 1.165) is 7.11 Å². The number of phosphoric acid groups is 1. The van der Waals surface area contributed by atoms with Crippen LogP contribution in [-0.2, 0) is 23.1 Å². The quantitative estimate of drug-likeness (QED) is 0.471. The molecule has 0 radical (unpaired) electrons. The van der Waals surface area contributed by atoms with Crippen LogP contribution in [0.3, 0.4) is 0 Å². The van der Waals surface area contributed by atoms with E-state index in [4.69, 9.17) is 19.7 Å². The molecule has 2 rings (SSSR count). The smallest absolute Gasteiger partial charge is 0.386 e. The molecule has 5 atom stereocenters. The van der Waals surface area contributed by atoms with Crippen molar-refractivity contribution in [2.45, 2.75) is 38.4 Å². The van der Waals surface area contributed by atoms with Gasteiger partial charge in [0.2, 0.25) is 0 Å². The highest BCUT2D eigenvalue weighted by molar-refractivity contribution is 7.47. The molecule has 0 amide bonds. The Morgan fingerprint density at radius 2 is 2.00 bits per heavy atom. The van der Waals surface area contributed by atoms with E-state index >= 15 is 0 Å². The molecule has 0 aliphatic carbocycles. The lowest BCUT2D eigenvalue weighted by atomic mass is 10.2. The highest BCUT2D eigenvalue weighted by atomic mass is 31.2. The van der Waals surface area contributed by atoms with E-state index in [1.165, 1.54) is 24.3 Å². The van der Waals surface area contributed by atoms with E-state index in [1.807, 2.05) is 0 Å². The van der Waals surface area contributed by atoms with Crippen molar-refractivity contribution < 1.29 is 33.1 Å². The number of ether oxygens (including phenoxy) is 2. The van der Waals surface area contributed by atoms with Gasteiger partial charge >= 0.3 is 7.82 Å². The summed E-state index contributed by atoms with van der Waals surface area (Å²) < 4.78 is 33.1. The average Bonchev–Trinajstić information content (AvgIpc) is 3.08. The molecule has 4 N–H and O–H groups in total. The van der Waals surface area contributed by atoms with Gasteiger partial charge in [0, 0.05) is 14.2 Å². The molecule has 27 heavy (non-hydrogen) atoms. The van der Waals surface area contributed by atoms with Crippen molar-refractivity contribution in [2.75, 3.05) is 26.6 Å². The van der Waals surface area contributed by atoms with Crippen LogP contribution < -0.4 is 5.73 Å². The Morgan fingerprint density at radius 1 is 1.30 bits per heavy atom. The maximum absolute atomic E-state index is 11.4. The van der Waals surface area contributed by atoms with Crippen LogP contribution in [0.2, 0.25) is 0 Å². The fraction of sp³-hybridized carbons (Fsp3) is 0.643. The number of hydrogen-bond acceptors (Lipinski definition) is 10. The first kappa shape index (κ1) is 21.6. The lowest BCUT2D eigenvalue weighted by molar-refractivity contribution is -0.153. The van der Waals surface area contributed by atoms with Gasteiger partial charge < -0.3 is 25.2 Å². The monoisotopic (exact) mass is 405 g/mol. The highest BCUT2D eigenvalue weighted by Gasteiger charge is 2.31. The number of fused-ring (bicyclic) bond motifs is 1. The number of anilines is 1. The van der Waals surface area contributed by atoms with Gasteiger partial charge in [0.25, 0.3) is 0 Å². The van der Waals surface area contributed by atoms with Gasteiger partial charge in [-0.15, -0.1) is 0 Å². The summed E-state index contributed by atoms with van der Waals surface area (Å²) in [6, 6.07) is 0. The van der Waals surface area contributed by atoms with Gasteiger partial charge in [-0.05, 0) is 13.8 Å². The summed E-state index contributed by atoms with van der Waals surface area (Å²) in [4.78, 5) is 21.5. The first-order chi connectivity index (χ1) is 12.7. The van der Waals surface area contributed by atoms with Crippen molar-refractivity contribution in [1.29, 1.82) is 0 Å². The first-order valence-electron chi connectivity index (χ1n) is 8.02. The molecule has 0 fully saturated rings. The number of aliphatic hydroxyl groups is 1. The summed E-state index contributed by atoms with van der Waals surface area (Å²) >= 11 is 0. The van der Waals surface area contributed by atoms with Crippen molar-refractivity contribution in [3.05, 3.63) is 12.7 Å². The van der Waals surface area contributed by atoms with Crippen LogP contribution in [0, 0.1) is 0 Å². The molecule has 2 heterocycles. The molecule has 0 aliphatic rings. The summed E-state index contributed by atoms with van der Waals surface area (Å²) in [6.07, 6.45) is -0.714. The number of phosphoric ester groups is 1. The predicted molar refractivity (Wildman–Crippen MR) is 94.6 cm³/mol. The maximum atomic E-state index is 11.4. The number of nitrogen functional groups attached to an aromatic ring is 1. The van der Waals surface area contributed by atoms with Crippen LogP contribution in [0.4, 0.5) is 5.82 Å². The van der Waals surface area contributed by atoms with Crippen LogP contribution in [0.15, 0.2) is 12.7 Å². The third-order valence-corrected chi connectivity index (χ3v) is 4.82. The molecule has 4 unspecified atom stereocenters. The second kappa shape index (κ2) is 9.02. The van der Waals surface area contributed by atoms with Gasteiger partial charge in [-0.3, -0.25) is 13.6 Å². The molecule has 0 saturated carbocycles. The number of rotatable bonds is 10. The Kier molecular flexibility index (Phi) is 7.23. The molecular formula is C14H24N5O7P. The topological polar surface area (TPSA) is 164 Å². The van der Waals surface area contributed by atoms with E-state index in [0.29, 0.717) is 11.2 Å². The van der Waals surface area contributed by atoms with Crippen LogP contribution in [-0.4, -0.2) is 68.7 Å².